The summed E-state index contributed by atoms with van der Waals surface area (Å²) in [5, 5.41) is 14.6. The van der Waals surface area contributed by atoms with Gasteiger partial charge >= 0.3 is 5.69 Å². The Kier molecular flexibility index (Phi) is 5.17. The number of ether oxygens (including phenoxy) is 1. The van der Waals surface area contributed by atoms with E-state index in [2.05, 4.69) is 27.2 Å². The van der Waals surface area contributed by atoms with E-state index in [4.69, 9.17) is 4.74 Å². The van der Waals surface area contributed by atoms with Gasteiger partial charge in [-0.1, -0.05) is 12.1 Å². The number of hydrogen-bond acceptors (Lipinski definition) is 8. The number of benzene rings is 1. The molecule has 0 amide bonds. The average Bonchev–Trinajstić information content (AvgIpc) is 2.62. The fraction of sp³-hybridized carbons (Fsp3) is 0.412. The Morgan fingerprint density at radius 3 is 2.54 bits per heavy atom. The summed E-state index contributed by atoms with van der Waals surface area (Å²) in [5.41, 5.74) is 0.811. The van der Waals surface area contributed by atoms with Crippen molar-refractivity contribution >= 4 is 23.1 Å². The highest BCUT2D eigenvalue weighted by Crippen LogP contribution is 2.33. The Bertz CT molecular complexity index is 805. The summed E-state index contributed by atoms with van der Waals surface area (Å²) < 4.78 is 5.31. The predicted molar refractivity (Wildman–Crippen MR) is 99.4 cm³/mol. The van der Waals surface area contributed by atoms with Crippen LogP contribution < -0.4 is 15.0 Å². The number of likely N-dealkylation sites (N-methyl/N-ethyl adjacent to an activating group) is 1. The smallest absolute Gasteiger partial charge is 0.332 e. The van der Waals surface area contributed by atoms with Crippen molar-refractivity contribution in [2.75, 3.05) is 50.6 Å². The first-order valence-electron chi connectivity index (χ1n) is 8.36. The number of methoxy groups -OCH3 is 1. The molecule has 0 bridgehead atoms. The summed E-state index contributed by atoms with van der Waals surface area (Å²) in [6, 6.07) is 7.23. The normalized spacial score (nSPS) is 15.0. The quantitative estimate of drug-likeness (QED) is 0.642. The van der Waals surface area contributed by atoms with E-state index in [-0.39, 0.29) is 11.5 Å². The van der Waals surface area contributed by atoms with E-state index in [0.29, 0.717) is 23.1 Å². The number of para-hydroxylation sites is 2. The summed E-state index contributed by atoms with van der Waals surface area (Å²) in [7, 11) is 3.61. The molecule has 1 aliphatic rings. The van der Waals surface area contributed by atoms with E-state index in [9.17, 15) is 10.1 Å². The first-order valence-corrected chi connectivity index (χ1v) is 8.36. The third-order valence-electron chi connectivity index (χ3n) is 4.38. The molecule has 1 aromatic carbocycles. The molecule has 3 rings (SSSR count). The summed E-state index contributed by atoms with van der Waals surface area (Å²) in [4.78, 5) is 24.2. The standard InChI is InChI=1S/C17H22N6O3/c1-12-15(23(24)25)16(19-13-6-4-5-7-14(13)26-3)20-17(18-12)22-10-8-21(2)9-11-22/h4-7H,8-11H2,1-3H3,(H,18,19,20). The molecule has 2 heterocycles. The molecule has 0 spiro atoms. The molecule has 0 unspecified atom stereocenters. The van der Waals surface area contributed by atoms with Crippen LogP contribution in [-0.4, -0.2) is 60.1 Å². The molecule has 138 valence electrons. The van der Waals surface area contributed by atoms with E-state index in [1.807, 2.05) is 17.0 Å². The molecule has 9 heteroatoms. The Hall–Kier alpha value is -2.94. The van der Waals surface area contributed by atoms with Crippen LogP contribution in [-0.2, 0) is 0 Å². The molecule has 26 heavy (non-hydrogen) atoms. The lowest BCUT2D eigenvalue weighted by Crippen LogP contribution is -2.45. The number of nitrogens with zero attached hydrogens (tertiary/aromatic N) is 5. The molecule has 1 fully saturated rings. The lowest BCUT2D eigenvalue weighted by atomic mass is 10.2. The van der Waals surface area contributed by atoms with E-state index in [0.717, 1.165) is 26.2 Å². The van der Waals surface area contributed by atoms with E-state index < -0.39 is 4.92 Å². The molecule has 0 radical (unpaired) electrons. The van der Waals surface area contributed by atoms with Crippen molar-refractivity contribution in [1.82, 2.24) is 14.9 Å². The maximum atomic E-state index is 11.6. The minimum absolute atomic E-state index is 0.131. The zero-order chi connectivity index (χ0) is 18.7. The van der Waals surface area contributed by atoms with Crippen LogP contribution in [0.5, 0.6) is 5.75 Å². The number of hydrogen-bond donors (Lipinski definition) is 1. The van der Waals surface area contributed by atoms with Crippen molar-refractivity contribution in [3.8, 4) is 5.75 Å². The highest BCUT2D eigenvalue weighted by atomic mass is 16.6. The molecule has 1 aromatic heterocycles. The van der Waals surface area contributed by atoms with Crippen LogP contribution in [0, 0.1) is 17.0 Å². The monoisotopic (exact) mass is 358 g/mol. The molecule has 0 aliphatic carbocycles. The predicted octanol–water partition coefficient (Wildman–Crippen LogP) is 2.20. The summed E-state index contributed by atoms with van der Waals surface area (Å²) >= 11 is 0. The van der Waals surface area contributed by atoms with Gasteiger partial charge in [-0.3, -0.25) is 10.1 Å². The van der Waals surface area contributed by atoms with Crippen LogP contribution in [0.25, 0.3) is 0 Å². The third-order valence-corrected chi connectivity index (χ3v) is 4.38. The molecule has 0 saturated carbocycles. The Morgan fingerprint density at radius 1 is 1.19 bits per heavy atom. The van der Waals surface area contributed by atoms with Crippen molar-refractivity contribution in [2.45, 2.75) is 6.92 Å². The van der Waals surface area contributed by atoms with E-state index >= 15 is 0 Å². The number of nitrogens with one attached hydrogen (secondary N) is 1. The molecule has 1 N–H and O–H groups in total. The number of anilines is 3. The number of aryl methyl sites for hydroxylation is 1. The minimum Gasteiger partial charge on any atom is -0.495 e. The largest absolute Gasteiger partial charge is 0.495 e. The van der Waals surface area contributed by atoms with Crippen molar-refractivity contribution in [1.29, 1.82) is 0 Å². The van der Waals surface area contributed by atoms with Crippen molar-refractivity contribution in [3.05, 3.63) is 40.1 Å². The van der Waals surface area contributed by atoms with Gasteiger partial charge in [-0.05, 0) is 26.1 Å². The second-order valence-corrected chi connectivity index (χ2v) is 6.18. The number of rotatable bonds is 5. The van der Waals surface area contributed by atoms with E-state index in [1.165, 1.54) is 0 Å². The molecule has 9 nitrogen and oxygen atoms in total. The maximum Gasteiger partial charge on any atom is 0.332 e. The Morgan fingerprint density at radius 2 is 1.88 bits per heavy atom. The van der Waals surface area contributed by atoms with Crippen LogP contribution in [0.1, 0.15) is 5.69 Å². The second-order valence-electron chi connectivity index (χ2n) is 6.18. The summed E-state index contributed by atoms with van der Waals surface area (Å²) in [6.07, 6.45) is 0. The second kappa shape index (κ2) is 7.52. The fourth-order valence-electron chi connectivity index (χ4n) is 2.88. The van der Waals surface area contributed by atoms with Gasteiger partial charge in [-0.2, -0.15) is 4.98 Å². The van der Waals surface area contributed by atoms with Gasteiger partial charge in [0.2, 0.25) is 11.8 Å². The van der Waals surface area contributed by atoms with Crippen LogP contribution in [0.15, 0.2) is 24.3 Å². The van der Waals surface area contributed by atoms with Gasteiger partial charge in [-0.15, -0.1) is 0 Å². The van der Waals surface area contributed by atoms with Gasteiger partial charge in [0.1, 0.15) is 11.4 Å². The zero-order valence-electron chi connectivity index (χ0n) is 15.1. The number of nitro groups is 1. The van der Waals surface area contributed by atoms with Crippen LogP contribution >= 0.6 is 0 Å². The van der Waals surface area contributed by atoms with Crippen molar-refractivity contribution in [3.63, 3.8) is 0 Å². The summed E-state index contributed by atoms with van der Waals surface area (Å²) in [5.74, 6) is 1.25. The molecule has 1 saturated heterocycles. The maximum absolute atomic E-state index is 11.6. The van der Waals surface area contributed by atoms with Gasteiger partial charge < -0.3 is 19.9 Å². The van der Waals surface area contributed by atoms with Crippen molar-refractivity contribution in [2.24, 2.45) is 0 Å². The average molecular weight is 358 g/mol. The number of aromatic nitrogens is 2. The zero-order valence-corrected chi connectivity index (χ0v) is 15.1. The Labute approximate surface area is 151 Å². The minimum atomic E-state index is -0.457. The molecule has 2 aromatic rings. The Balaban J connectivity index is 2.00. The van der Waals surface area contributed by atoms with Crippen LogP contribution in [0.4, 0.5) is 23.1 Å². The first kappa shape index (κ1) is 17.9. The highest BCUT2D eigenvalue weighted by molar-refractivity contribution is 5.71. The SMILES string of the molecule is COc1ccccc1Nc1nc(N2CCN(C)CC2)nc(C)c1[N+](=O)[O-]. The lowest BCUT2D eigenvalue weighted by Gasteiger charge is -2.32. The molecule has 0 atom stereocenters. The summed E-state index contributed by atoms with van der Waals surface area (Å²) in [6.45, 7) is 4.99. The molecular formula is C17H22N6O3. The lowest BCUT2D eigenvalue weighted by molar-refractivity contribution is -0.385. The van der Waals surface area contributed by atoms with Gasteiger partial charge in [0.25, 0.3) is 0 Å². The van der Waals surface area contributed by atoms with Gasteiger partial charge in [0.15, 0.2) is 0 Å². The molecular weight excluding hydrogens is 336 g/mol. The van der Waals surface area contributed by atoms with Gasteiger partial charge in [-0.25, -0.2) is 4.98 Å². The molecule has 1 aliphatic heterocycles. The van der Waals surface area contributed by atoms with E-state index in [1.54, 1.807) is 26.2 Å². The third kappa shape index (κ3) is 3.67. The topological polar surface area (TPSA) is 96.7 Å². The van der Waals surface area contributed by atoms with Crippen LogP contribution in [0.3, 0.4) is 0 Å². The fourth-order valence-corrected chi connectivity index (χ4v) is 2.88. The number of piperazine rings is 1. The van der Waals surface area contributed by atoms with Gasteiger partial charge in [0.05, 0.1) is 17.7 Å². The highest BCUT2D eigenvalue weighted by Gasteiger charge is 2.26. The van der Waals surface area contributed by atoms with Crippen LogP contribution in [0.2, 0.25) is 0 Å². The van der Waals surface area contributed by atoms with Gasteiger partial charge in [0, 0.05) is 26.2 Å². The van der Waals surface area contributed by atoms with Crippen molar-refractivity contribution < 1.29 is 9.66 Å². The first-order chi connectivity index (χ1) is 12.5.